The highest BCUT2D eigenvalue weighted by Crippen LogP contribution is 2.29. The lowest BCUT2D eigenvalue weighted by Crippen LogP contribution is -2.30. The van der Waals surface area contributed by atoms with E-state index in [-0.39, 0.29) is 18.1 Å². The summed E-state index contributed by atoms with van der Waals surface area (Å²) >= 11 is 9.91. The van der Waals surface area contributed by atoms with E-state index >= 15 is 0 Å². The van der Waals surface area contributed by atoms with E-state index in [0.717, 1.165) is 30.7 Å². The Labute approximate surface area is 188 Å². The molecule has 1 aliphatic heterocycles. The third kappa shape index (κ3) is 4.45. The summed E-state index contributed by atoms with van der Waals surface area (Å²) in [5.74, 6) is 0.498. The first kappa shape index (κ1) is 21.1. The van der Waals surface area contributed by atoms with Crippen molar-refractivity contribution in [1.82, 2.24) is 19.7 Å². The SMILES string of the molecule is CC(C)NC(=O)c1ccc(-c2cnc3c(NCC4CCCO4)nc(Br)cn23)cc1Cl. The van der Waals surface area contributed by atoms with Crippen molar-refractivity contribution >= 4 is 44.9 Å². The maximum absolute atomic E-state index is 12.3. The Hall–Kier alpha value is -2.16. The largest absolute Gasteiger partial charge is 0.376 e. The minimum atomic E-state index is -0.188. The lowest BCUT2D eigenvalue weighted by molar-refractivity contribution is 0.0943. The number of hydrogen-bond acceptors (Lipinski definition) is 5. The van der Waals surface area contributed by atoms with Crippen LogP contribution in [0.25, 0.3) is 16.9 Å². The van der Waals surface area contributed by atoms with Crippen LogP contribution in [-0.2, 0) is 4.74 Å². The number of amides is 1. The van der Waals surface area contributed by atoms with Crippen LogP contribution in [-0.4, -0.2) is 45.6 Å². The predicted molar refractivity (Wildman–Crippen MR) is 121 cm³/mol. The fraction of sp³-hybridized carbons (Fsp3) is 0.381. The molecule has 1 aliphatic rings. The second kappa shape index (κ2) is 8.91. The molecule has 9 heteroatoms. The van der Waals surface area contributed by atoms with Crippen LogP contribution in [0, 0.1) is 0 Å². The molecule has 158 valence electrons. The first-order chi connectivity index (χ1) is 14.4. The molecule has 1 amide bonds. The van der Waals surface area contributed by atoms with Crippen molar-refractivity contribution in [3.63, 3.8) is 0 Å². The van der Waals surface area contributed by atoms with Gasteiger partial charge in [-0.1, -0.05) is 17.7 Å². The molecule has 3 aromatic rings. The molecule has 30 heavy (non-hydrogen) atoms. The fourth-order valence-electron chi connectivity index (χ4n) is 3.51. The summed E-state index contributed by atoms with van der Waals surface area (Å²) in [7, 11) is 0. The molecule has 0 aliphatic carbocycles. The van der Waals surface area contributed by atoms with E-state index in [9.17, 15) is 4.79 Å². The zero-order chi connectivity index (χ0) is 21.3. The zero-order valence-corrected chi connectivity index (χ0v) is 19.1. The molecular weight excluding hydrogens is 470 g/mol. The minimum Gasteiger partial charge on any atom is -0.376 e. The van der Waals surface area contributed by atoms with Crippen molar-refractivity contribution < 1.29 is 9.53 Å². The number of carbonyl (C=O) groups is 1. The van der Waals surface area contributed by atoms with E-state index < -0.39 is 0 Å². The maximum atomic E-state index is 12.3. The van der Waals surface area contributed by atoms with Gasteiger partial charge in [0, 0.05) is 31.0 Å². The number of fused-ring (bicyclic) bond motifs is 1. The summed E-state index contributed by atoms with van der Waals surface area (Å²) in [5.41, 5.74) is 2.87. The Morgan fingerprint density at radius 2 is 2.27 bits per heavy atom. The molecule has 1 atom stereocenters. The monoisotopic (exact) mass is 491 g/mol. The van der Waals surface area contributed by atoms with Crippen LogP contribution in [0.1, 0.15) is 37.0 Å². The molecule has 0 bridgehead atoms. The van der Waals surface area contributed by atoms with Gasteiger partial charge >= 0.3 is 0 Å². The molecule has 1 saturated heterocycles. The normalized spacial score (nSPS) is 16.4. The van der Waals surface area contributed by atoms with Gasteiger partial charge in [0.15, 0.2) is 11.5 Å². The Balaban J connectivity index is 1.64. The summed E-state index contributed by atoms with van der Waals surface area (Å²) in [6, 6.07) is 5.44. The molecule has 0 spiro atoms. The van der Waals surface area contributed by atoms with Gasteiger partial charge in [-0.25, -0.2) is 9.97 Å². The van der Waals surface area contributed by atoms with E-state index in [1.165, 1.54) is 0 Å². The van der Waals surface area contributed by atoms with Crippen molar-refractivity contribution in [3.05, 3.63) is 45.8 Å². The van der Waals surface area contributed by atoms with Crippen molar-refractivity contribution in [2.45, 2.75) is 38.8 Å². The Kier molecular flexibility index (Phi) is 6.26. The highest BCUT2D eigenvalue weighted by molar-refractivity contribution is 9.10. The summed E-state index contributed by atoms with van der Waals surface area (Å²) in [6.07, 6.45) is 5.98. The van der Waals surface area contributed by atoms with Crippen LogP contribution in [0.3, 0.4) is 0 Å². The number of imidazole rings is 1. The predicted octanol–water partition coefficient (Wildman–Crippen LogP) is 4.54. The highest BCUT2D eigenvalue weighted by Gasteiger charge is 2.18. The molecule has 2 N–H and O–H groups in total. The van der Waals surface area contributed by atoms with Gasteiger partial charge < -0.3 is 15.4 Å². The topological polar surface area (TPSA) is 80.5 Å². The molecule has 1 unspecified atom stereocenters. The maximum Gasteiger partial charge on any atom is 0.252 e. The standard InChI is InChI=1S/C21H23BrClN5O2/c1-12(2)26-21(29)15-6-5-13(8-16(15)23)17-10-25-20-19(27-18(22)11-28(17)20)24-9-14-4-3-7-30-14/h5-6,8,10-12,14H,3-4,7,9H2,1-2H3,(H,24,27)(H,26,29). The van der Waals surface area contributed by atoms with Crippen molar-refractivity contribution in [2.24, 2.45) is 0 Å². The molecule has 0 saturated carbocycles. The van der Waals surface area contributed by atoms with Crippen LogP contribution in [0.15, 0.2) is 35.2 Å². The number of ether oxygens (including phenoxy) is 1. The third-order valence-electron chi connectivity index (χ3n) is 4.91. The van der Waals surface area contributed by atoms with Gasteiger partial charge in [0.25, 0.3) is 5.91 Å². The first-order valence-electron chi connectivity index (χ1n) is 9.92. The molecule has 4 rings (SSSR count). The van der Waals surface area contributed by atoms with Crippen LogP contribution >= 0.6 is 27.5 Å². The van der Waals surface area contributed by atoms with E-state index in [2.05, 4.69) is 36.5 Å². The lowest BCUT2D eigenvalue weighted by Gasteiger charge is -2.13. The second-order valence-corrected chi connectivity index (χ2v) is 8.81. The van der Waals surface area contributed by atoms with Gasteiger partial charge in [-0.3, -0.25) is 9.20 Å². The number of hydrogen-bond donors (Lipinski definition) is 2. The van der Waals surface area contributed by atoms with E-state index in [4.69, 9.17) is 16.3 Å². The molecule has 1 fully saturated rings. The van der Waals surface area contributed by atoms with Gasteiger partial charge in [0.05, 0.1) is 28.6 Å². The van der Waals surface area contributed by atoms with Crippen molar-refractivity contribution in [1.29, 1.82) is 0 Å². The van der Waals surface area contributed by atoms with E-state index in [1.807, 2.05) is 30.5 Å². The lowest BCUT2D eigenvalue weighted by atomic mass is 10.1. The minimum absolute atomic E-state index is 0.0393. The first-order valence-corrected chi connectivity index (χ1v) is 11.1. The Morgan fingerprint density at radius 1 is 1.43 bits per heavy atom. The van der Waals surface area contributed by atoms with Crippen molar-refractivity contribution in [3.8, 4) is 11.3 Å². The molecule has 1 aromatic carbocycles. The van der Waals surface area contributed by atoms with Crippen molar-refractivity contribution in [2.75, 3.05) is 18.5 Å². The average molecular weight is 493 g/mol. The van der Waals surface area contributed by atoms with Crippen LogP contribution in [0.2, 0.25) is 5.02 Å². The molecule has 0 radical (unpaired) electrons. The number of aromatic nitrogens is 3. The number of benzene rings is 1. The fourth-order valence-corrected chi connectivity index (χ4v) is 4.15. The Bertz CT molecular complexity index is 1080. The van der Waals surface area contributed by atoms with Crippen LogP contribution in [0.4, 0.5) is 5.82 Å². The number of anilines is 1. The highest BCUT2D eigenvalue weighted by atomic mass is 79.9. The second-order valence-electron chi connectivity index (χ2n) is 7.59. The quantitative estimate of drug-likeness (QED) is 0.528. The van der Waals surface area contributed by atoms with Gasteiger partial charge in [-0.2, -0.15) is 0 Å². The van der Waals surface area contributed by atoms with Gasteiger partial charge in [0.2, 0.25) is 0 Å². The van der Waals surface area contributed by atoms with Crippen LogP contribution in [0.5, 0.6) is 0 Å². The average Bonchev–Trinajstić information content (AvgIpc) is 3.35. The van der Waals surface area contributed by atoms with E-state index in [1.54, 1.807) is 18.3 Å². The summed E-state index contributed by atoms with van der Waals surface area (Å²) in [5, 5.41) is 6.62. The summed E-state index contributed by atoms with van der Waals surface area (Å²) < 4.78 is 8.32. The summed E-state index contributed by atoms with van der Waals surface area (Å²) in [4.78, 5) is 21.4. The zero-order valence-electron chi connectivity index (χ0n) is 16.8. The number of nitrogens with zero attached hydrogens (tertiary/aromatic N) is 3. The van der Waals surface area contributed by atoms with E-state index in [0.29, 0.717) is 33.2 Å². The number of nitrogens with one attached hydrogen (secondary N) is 2. The molecule has 7 nitrogen and oxygen atoms in total. The van der Waals surface area contributed by atoms with Crippen LogP contribution < -0.4 is 10.6 Å². The van der Waals surface area contributed by atoms with Gasteiger partial charge in [-0.15, -0.1) is 0 Å². The third-order valence-corrected chi connectivity index (χ3v) is 5.61. The van der Waals surface area contributed by atoms with Gasteiger partial charge in [-0.05, 0) is 54.8 Å². The molecule has 2 aromatic heterocycles. The number of carbonyl (C=O) groups excluding carboxylic acids is 1. The number of rotatable bonds is 6. The molecular formula is C21H23BrClN5O2. The molecule has 3 heterocycles. The Morgan fingerprint density at radius 3 is 2.97 bits per heavy atom. The smallest absolute Gasteiger partial charge is 0.252 e. The van der Waals surface area contributed by atoms with Gasteiger partial charge in [0.1, 0.15) is 4.60 Å². The summed E-state index contributed by atoms with van der Waals surface area (Å²) in [6.45, 7) is 5.32. The number of halogens is 2.